The lowest BCUT2D eigenvalue weighted by molar-refractivity contribution is -0.384. The Morgan fingerprint density at radius 3 is 2.39 bits per heavy atom. The summed E-state index contributed by atoms with van der Waals surface area (Å²) in [6.45, 7) is 4.75. The lowest BCUT2D eigenvalue weighted by Crippen LogP contribution is -2.14. The van der Waals surface area contributed by atoms with Gasteiger partial charge in [0.05, 0.1) is 30.4 Å². The largest absolute Gasteiger partial charge is 0.490 e. The van der Waals surface area contributed by atoms with E-state index >= 15 is 0 Å². The summed E-state index contributed by atoms with van der Waals surface area (Å²) in [5.74, 6) is 0.356. The van der Waals surface area contributed by atoms with Crippen LogP contribution in [-0.4, -0.2) is 33.8 Å². The lowest BCUT2D eigenvalue weighted by Gasteiger charge is -2.14. The van der Waals surface area contributed by atoms with Crippen molar-refractivity contribution in [2.75, 3.05) is 18.5 Å². The molecule has 1 amide bonds. The van der Waals surface area contributed by atoms with Crippen LogP contribution in [0.4, 0.5) is 11.4 Å². The Kier molecular flexibility index (Phi) is 7.79. The number of hydrogen-bond donors (Lipinski definition) is 1. The molecule has 2 aromatic rings. The predicted octanol–water partition coefficient (Wildman–Crippen LogP) is 3.48. The Morgan fingerprint density at radius 2 is 1.86 bits per heavy atom. The summed E-state index contributed by atoms with van der Waals surface area (Å²) in [7, 11) is 1.80. The summed E-state index contributed by atoms with van der Waals surface area (Å²) in [5.41, 5.74) is 0.781. The molecule has 1 heterocycles. The molecule has 0 atom stereocenters. The summed E-state index contributed by atoms with van der Waals surface area (Å²) in [6, 6.07) is 2.76. The van der Waals surface area contributed by atoms with Crippen LogP contribution < -0.4 is 14.8 Å². The van der Waals surface area contributed by atoms with Crippen LogP contribution in [0.25, 0.3) is 0 Å². The van der Waals surface area contributed by atoms with Crippen molar-refractivity contribution >= 4 is 17.3 Å². The molecule has 0 unspecified atom stereocenters. The quantitative estimate of drug-likeness (QED) is 0.465. The van der Waals surface area contributed by atoms with Crippen molar-refractivity contribution in [1.29, 1.82) is 0 Å². The van der Waals surface area contributed by atoms with Gasteiger partial charge in [-0.15, -0.1) is 0 Å². The molecule has 0 radical (unpaired) electrons. The number of rotatable bonds is 11. The highest BCUT2D eigenvalue weighted by molar-refractivity contribution is 5.93. The van der Waals surface area contributed by atoms with Gasteiger partial charge in [0.15, 0.2) is 11.5 Å². The van der Waals surface area contributed by atoms with E-state index in [-0.39, 0.29) is 23.7 Å². The van der Waals surface area contributed by atoms with Crippen molar-refractivity contribution in [2.24, 2.45) is 7.05 Å². The average Bonchev–Trinajstić information content (AvgIpc) is 3.08. The van der Waals surface area contributed by atoms with Crippen LogP contribution in [0.2, 0.25) is 0 Å². The molecule has 1 aromatic heterocycles. The summed E-state index contributed by atoms with van der Waals surface area (Å²) in [5, 5.41) is 18.2. The van der Waals surface area contributed by atoms with E-state index in [1.165, 1.54) is 12.1 Å². The summed E-state index contributed by atoms with van der Waals surface area (Å²) in [6.07, 6.45) is 5.72. The van der Waals surface area contributed by atoms with E-state index in [1.807, 2.05) is 20.0 Å². The highest BCUT2D eigenvalue weighted by Crippen LogP contribution is 2.38. The number of aromatic nitrogens is 2. The Balaban J connectivity index is 2.19. The van der Waals surface area contributed by atoms with E-state index in [9.17, 15) is 14.9 Å². The third-order valence-corrected chi connectivity index (χ3v) is 3.86. The standard InChI is InChI=1S/C19H26N4O5/c1-4-8-27-17-10-15(16(23(25)26)11-18(17)28-9-5-2)21-19(24)7-6-14-12-20-22(3)13-14/h10-13H,4-9H2,1-3H3,(H,21,24). The number of nitro groups is 1. The molecule has 9 heteroatoms. The van der Waals surface area contributed by atoms with Crippen molar-refractivity contribution in [3.63, 3.8) is 0 Å². The monoisotopic (exact) mass is 390 g/mol. The summed E-state index contributed by atoms with van der Waals surface area (Å²) < 4.78 is 12.9. The van der Waals surface area contributed by atoms with Crippen LogP contribution in [0, 0.1) is 10.1 Å². The fraction of sp³-hybridized carbons (Fsp3) is 0.474. The predicted molar refractivity (Wildman–Crippen MR) is 105 cm³/mol. The zero-order valence-corrected chi connectivity index (χ0v) is 16.4. The fourth-order valence-electron chi connectivity index (χ4n) is 2.52. The minimum Gasteiger partial charge on any atom is -0.490 e. The van der Waals surface area contributed by atoms with Gasteiger partial charge >= 0.3 is 0 Å². The molecular formula is C19H26N4O5. The molecule has 28 heavy (non-hydrogen) atoms. The summed E-state index contributed by atoms with van der Waals surface area (Å²) in [4.78, 5) is 23.3. The van der Waals surface area contributed by atoms with Crippen molar-refractivity contribution in [3.05, 3.63) is 40.2 Å². The average molecular weight is 390 g/mol. The van der Waals surface area contributed by atoms with E-state index in [0.29, 0.717) is 31.1 Å². The van der Waals surface area contributed by atoms with Crippen molar-refractivity contribution in [3.8, 4) is 11.5 Å². The molecule has 0 aliphatic heterocycles. The highest BCUT2D eigenvalue weighted by Gasteiger charge is 2.22. The van der Waals surface area contributed by atoms with Gasteiger partial charge in [0.25, 0.3) is 5.69 Å². The van der Waals surface area contributed by atoms with Gasteiger partial charge in [-0.3, -0.25) is 19.6 Å². The number of ether oxygens (including phenoxy) is 2. The second-order valence-corrected chi connectivity index (χ2v) is 6.34. The molecule has 0 aliphatic carbocycles. The number of nitro benzene ring substituents is 1. The maximum atomic E-state index is 12.3. The van der Waals surface area contributed by atoms with E-state index in [4.69, 9.17) is 9.47 Å². The molecule has 0 spiro atoms. The molecule has 0 aliphatic rings. The number of carbonyl (C=O) groups excluding carboxylic acids is 1. The van der Waals surface area contributed by atoms with Gasteiger partial charge in [-0.25, -0.2) is 0 Å². The molecule has 0 saturated carbocycles. The van der Waals surface area contributed by atoms with E-state index in [1.54, 1.807) is 17.9 Å². The molecule has 1 N–H and O–H groups in total. The van der Waals surface area contributed by atoms with Crippen LogP contribution in [0.15, 0.2) is 24.5 Å². The van der Waals surface area contributed by atoms with Gasteiger partial charge in [-0.2, -0.15) is 5.10 Å². The molecule has 9 nitrogen and oxygen atoms in total. The van der Waals surface area contributed by atoms with Crippen molar-refractivity contribution < 1.29 is 19.2 Å². The number of anilines is 1. The number of benzene rings is 1. The second-order valence-electron chi connectivity index (χ2n) is 6.34. The van der Waals surface area contributed by atoms with Gasteiger partial charge in [0.1, 0.15) is 5.69 Å². The Morgan fingerprint density at radius 1 is 1.21 bits per heavy atom. The third kappa shape index (κ3) is 5.97. The van der Waals surface area contributed by atoms with Crippen molar-refractivity contribution in [1.82, 2.24) is 9.78 Å². The Hall–Kier alpha value is -3.10. The number of nitrogens with one attached hydrogen (secondary N) is 1. The first-order chi connectivity index (χ1) is 13.4. The van der Waals surface area contributed by atoms with Crippen LogP contribution in [0.3, 0.4) is 0 Å². The van der Waals surface area contributed by atoms with Gasteiger partial charge in [-0.1, -0.05) is 13.8 Å². The minimum atomic E-state index is -0.543. The molecule has 2 rings (SSSR count). The maximum absolute atomic E-state index is 12.3. The normalized spacial score (nSPS) is 10.5. The molecule has 0 bridgehead atoms. The molecule has 0 saturated heterocycles. The van der Waals surface area contributed by atoms with E-state index < -0.39 is 4.92 Å². The van der Waals surface area contributed by atoms with Gasteiger partial charge in [-0.05, 0) is 24.8 Å². The first kappa shape index (κ1) is 21.2. The molecule has 1 aromatic carbocycles. The molecular weight excluding hydrogens is 364 g/mol. The minimum absolute atomic E-state index is 0.0936. The zero-order chi connectivity index (χ0) is 20.5. The van der Waals surface area contributed by atoms with Crippen molar-refractivity contribution in [2.45, 2.75) is 39.5 Å². The van der Waals surface area contributed by atoms with Crippen LogP contribution in [0.5, 0.6) is 11.5 Å². The lowest BCUT2D eigenvalue weighted by atomic mass is 10.2. The number of aryl methyl sites for hydroxylation is 2. The first-order valence-electron chi connectivity index (χ1n) is 9.30. The van der Waals surface area contributed by atoms with E-state index in [0.717, 1.165) is 18.4 Å². The smallest absolute Gasteiger partial charge is 0.296 e. The fourth-order valence-corrected chi connectivity index (χ4v) is 2.52. The Labute approximate surface area is 163 Å². The van der Waals surface area contributed by atoms with Gasteiger partial charge in [0.2, 0.25) is 5.91 Å². The number of nitrogens with zero attached hydrogens (tertiary/aromatic N) is 3. The topological polar surface area (TPSA) is 109 Å². The first-order valence-corrected chi connectivity index (χ1v) is 9.30. The number of carbonyl (C=O) groups is 1. The zero-order valence-electron chi connectivity index (χ0n) is 16.4. The molecule has 0 fully saturated rings. The van der Waals surface area contributed by atoms with Gasteiger partial charge < -0.3 is 14.8 Å². The van der Waals surface area contributed by atoms with Crippen LogP contribution in [0.1, 0.15) is 38.7 Å². The number of amides is 1. The van der Waals surface area contributed by atoms with Crippen LogP contribution in [-0.2, 0) is 18.3 Å². The van der Waals surface area contributed by atoms with Crippen LogP contribution >= 0.6 is 0 Å². The molecule has 152 valence electrons. The SMILES string of the molecule is CCCOc1cc(NC(=O)CCc2cnn(C)c2)c([N+](=O)[O-])cc1OCCC. The third-order valence-electron chi connectivity index (χ3n) is 3.86. The maximum Gasteiger partial charge on any atom is 0.296 e. The Bertz CT molecular complexity index is 819. The number of hydrogen-bond acceptors (Lipinski definition) is 6. The summed E-state index contributed by atoms with van der Waals surface area (Å²) >= 11 is 0. The second kappa shape index (κ2) is 10.3. The van der Waals surface area contributed by atoms with Gasteiger partial charge in [0, 0.05) is 25.7 Å². The van der Waals surface area contributed by atoms with E-state index in [2.05, 4.69) is 10.4 Å². The highest BCUT2D eigenvalue weighted by atomic mass is 16.6.